The molecule has 0 radical (unpaired) electrons. The Hall–Kier alpha value is -1.15. The quantitative estimate of drug-likeness (QED) is 0.813. The first kappa shape index (κ1) is 14.9. The largest absolute Gasteiger partial charge is 0.389 e. The zero-order valence-electron chi connectivity index (χ0n) is 9.75. The maximum Gasteiger partial charge on any atom is 0.389 e. The summed E-state index contributed by atoms with van der Waals surface area (Å²) in [6.45, 7) is 1.72. The lowest BCUT2D eigenvalue weighted by Gasteiger charge is -2.06. The number of carbonyl (C=O) groups is 1. The van der Waals surface area contributed by atoms with Crippen LogP contribution in [0.4, 0.5) is 13.2 Å². The second-order valence-electron chi connectivity index (χ2n) is 3.83. The van der Waals surface area contributed by atoms with E-state index < -0.39 is 18.5 Å². The minimum atomic E-state index is -4.19. The molecule has 8 heteroatoms. The standard InChI is InChI=1S/C10H14F3N3OS/c1-6(14)9-16-7(5-18-9)8(17)15-4-2-3-10(11,12)13/h5-6H,2-4,14H2,1H3,(H,15,17). The van der Waals surface area contributed by atoms with Gasteiger partial charge in [-0.05, 0) is 13.3 Å². The number of thiazole rings is 1. The van der Waals surface area contributed by atoms with E-state index >= 15 is 0 Å². The molecule has 1 rings (SSSR count). The fourth-order valence-corrected chi connectivity index (χ4v) is 1.94. The fraction of sp³-hybridized carbons (Fsp3) is 0.600. The van der Waals surface area contributed by atoms with E-state index in [4.69, 9.17) is 5.73 Å². The number of amides is 1. The van der Waals surface area contributed by atoms with Gasteiger partial charge in [0.05, 0.1) is 6.04 Å². The van der Waals surface area contributed by atoms with E-state index in [1.807, 2.05) is 0 Å². The van der Waals surface area contributed by atoms with Crippen molar-refractivity contribution < 1.29 is 18.0 Å². The van der Waals surface area contributed by atoms with Gasteiger partial charge in [-0.25, -0.2) is 4.98 Å². The number of nitrogens with two attached hydrogens (primary N) is 1. The van der Waals surface area contributed by atoms with Crippen LogP contribution < -0.4 is 11.1 Å². The topological polar surface area (TPSA) is 68.0 Å². The normalized spacial score (nSPS) is 13.4. The molecule has 0 fully saturated rings. The number of hydrogen-bond acceptors (Lipinski definition) is 4. The van der Waals surface area contributed by atoms with Crippen molar-refractivity contribution in [2.75, 3.05) is 6.54 Å². The van der Waals surface area contributed by atoms with Crippen LogP contribution in [0.5, 0.6) is 0 Å². The smallest absolute Gasteiger partial charge is 0.351 e. The number of hydrogen-bond donors (Lipinski definition) is 2. The third kappa shape index (κ3) is 5.01. The summed E-state index contributed by atoms with van der Waals surface area (Å²) in [6, 6.07) is -0.262. The molecule has 1 atom stereocenters. The SMILES string of the molecule is CC(N)c1nc(C(=O)NCCCC(F)(F)F)cs1. The molecular weight excluding hydrogens is 267 g/mol. The summed E-state index contributed by atoms with van der Waals surface area (Å²) in [7, 11) is 0. The van der Waals surface area contributed by atoms with Crippen LogP contribution in [0.3, 0.4) is 0 Å². The van der Waals surface area contributed by atoms with Gasteiger partial charge < -0.3 is 11.1 Å². The number of rotatable bonds is 5. The van der Waals surface area contributed by atoms with Gasteiger partial charge in [-0.3, -0.25) is 4.79 Å². The predicted octanol–water partition coefficient (Wildman–Crippen LogP) is 2.24. The summed E-state index contributed by atoms with van der Waals surface area (Å²) in [5, 5.41) is 4.55. The number of alkyl halides is 3. The van der Waals surface area contributed by atoms with Crippen LogP contribution in [0.1, 0.15) is 41.3 Å². The summed E-state index contributed by atoms with van der Waals surface area (Å²) in [6.07, 6.45) is -5.23. The van der Waals surface area contributed by atoms with Crippen molar-refractivity contribution in [2.45, 2.75) is 32.0 Å². The van der Waals surface area contributed by atoms with Crippen LogP contribution >= 0.6 is 11.3 Å². The molecule has 102 valence electrons. The molecule has 1 amide bonds. The Morgan fingerprint density at radius 1 is 1.61 bits per heavy atom. The van der Waals surface area contributed by atoms with E-state index in [0.717, 1.165) is 0 Å². The Balaban J connectivity index is 2.36. The summed E-state index contributed by atoms with van der Waals surface area (Å²) >= 11 is 1.25. The first-order chi connectivity index (χ1) is 8.29. The van der Waals surface area contributed by atoms with Gasteiger partial charge in [-0.2, -0.15) is 13.2 Å². The third-order valence-corrected chi connectivity index (χ3v) is 3.11. The fourth-order valence-electron chi connectivity index (χ4n) is 1.18. The van der Waals surface area contributed by atoms with Gasteiger partial charge >= 0.3 is 6.18 Å². The zero-order valence-corrected chi connectivity index (χ0v) is 10.6. The van der Waals surface area contributed by atoms with Gasteiger partial charge in [0.15, 0.2) is 0 Å². The molecule has 1 heterocycles. The van der Waals surface area contributed by atoms with Crippen LogP contribution in [-0.2, 0) is 0 Å². The minimum Gasteiger partial charge on any atom is -0.351 e. The van der Waals surface area contributed by atoms with Gasteiger partial charge in [-0.15, -0.1) is 11.3 Å². The van der Waals surface area contributed by atoms with Crippen LogP contribution in [0, 0.1) is 0 Å². The second kappa shape index (κ2) is 6.14. The molecule has 0 saturated carbocycles. The minimum absolute atomic E-state index is 0.0244. The number of nitrogens with one attached hydrogen (secondary N) is 1. The lowest BCUT2D eigenvalue weighted by molar-refractivity contribution is -0.135. The Bertz CT molecular complexity index is 403. The van der Waals surface area contributed by atoms with Crippen LogP contribution in [-0.4, -0.2) is 23.6 Å². The summed E-state index contributed by atoms with van der Waals surface area (Å²) in [5.41, 5.74) is 5.78. The molecule has 3 N–H and O–H groups in total. The Kier molecular flexibility index (Phi) is 5.09. The van der Waals surface area contributed by atoms with E-state index in [2.05, 4.69) is 10.3 Å². The number of halogens is 3. The molecular formula is C10H14F3N3OS. The number of nitrogens with zero attached hydrogens (tertiary/aromatic N) is 1. The van der Waals surface area contributed by atoms with Crippen molar-refractivity contribution in [1.29, 1.82) is 0 Å². The number of aromatic nitrogens is 1. The van der Waals surface area contributed by atoms with Crippen molar-refractivity contribution >= 4 is 17.2 Å². The molecule has 1 aromatic rings. The summed E-state index contributed by atoms with van der Waals surface area (Å²) in [5.74, 6) is -0.472. The van der Waals surface area contributed by atoms with E-state index in [1.165, 1.54) is 16.7 Å². The van der Waals surface area contributed by atoms with Crippen molar-refractivity contribution in [2.24, 2.45) is 5.73 Å². The van der Waals surface area contributed by atoms with Gasteiger partial charge in [0.25, 0.3) is 5.91 Å². The molecule has 4 nitrogen and oxygen atoms in total. The molecule has 0 aromatic carbocycles. The maximum absolute atomic E-state index is 11.9. The van der Waals surface area contributed by atoms with Gasteiger partial charge in [-0.1, -0.05) is 0 Å². The molecule has 0 saturated heterocycles. The highest BCUT2D eigenvalue weighted by atomic mass is 32.1. The lowest BCUT2D eigenvalue weighted by atomic mass is 10.3. The molecule has 0 aliphatic heterocycles. The van der Waals surface area contributed by atoms with Crippen LogP contribution in [0.25, 0.3) is 0 Å². The van der Waals surface area contributed by atoms with E-state index in [-0.39, 0.29) is 24.7 Å². The molecule has 0 spiro atoms. The zero-order chi connectivity index (χ0) is 13.8. The average Bonchev–Trinajstić information content (AvgIpc) is 2.72. The van der Waals surface area contributed by atoms with Crippen molar-refractivity contribution in [3.8, 4) is 0 Å². The average molecular weight is 281 g/mol. The molecule has 0 aliphatic carbocycles. The maximum atomic E-state index is 11.9. The van der Waals surface area contributed by atoms with Gasteiger partial charge in [0.1, 0.15) is 10.7 Å². The van der Waals surface area contributed by atoms with Crippen molar-refractivity contribution in [1.82, 2.24) is 10.3 Å². The van der Waals surface area contributed by atoms with Crippen LogP contribution in [0.2, 0.25) is 0 Å². The molecule has 0 bridgehead atoms. The molecule has 1 aromatic heterocycles. The van der Waals surface area contributed by atoms with Gasteiger partial charge in [0.2, 0.25) is 0 Å². The van der Waals surface area contributed by atoms with E-state index in [9.17, 15) is 18.0 Å². The summed E-state index contributed by atoms with van der Waals surface area (Å²) in [4.78, 5) is 15.5. The summed E-state index contributed by atoms with van der Waals surface area (Å²) < 4.78 is 35.6. The van der Waals surface area contributed by atoms with Gasteiger partial charge in [0, 0.05) is 18.3 Å². The molecule has 1 unspecified atom stereocenters. The monoisotopic (exact) mass is 281 g/mol. The first-order valence-electron chi connectivity index (χ1n) is 5.35. The third-order valence-electron chi connectivity index (χ3n) is 2.07. The first-order valence-corrected chi connectivity index (χ1v) is 6.23. The Labute approximate surface area is 106 Å². The molecule has 18 heavy (non-hydrogen) atoms. The number of carbonyl (C=O) groups excluding carboxylic acids is 1. The second-order valence-corrected chi connectivity index (χ2v) is 4.72. The van der Waals surface area contributed by atoms with Crippen LogP contribution in [0.15, 0.2) is 5.38 Å². The van der Waals surface area contributed by atoms with E-state index in [1.54, 1.807) is 6.92 Å². The van der Waals surface area contributed by atoms with Crippen molar-refractivity contribution in [3.05, 3.63) is 16.1 Å². The highest BCUT2D eigenvalue weighted by Crippen LogP contribution is 2.20. The highest BCUT2D eigenvalue weighted by Gasteiger charge is 2.26. The predicted molar refractivity (Wildman–Crippen MR) is 62.3 cm³/mol. The Morgan fingerprint density at radius 2 is 2.28 bits per heavy atom. The lowest BCUT2D eigenvalue weighted by Crippen LogP contribution is -2.26. The van der Waals surface area contributed by atoms with Crippen molar-refractivity contribution in [3.63, 3.8) is 0 Å². The Morgan fingerprint density at radius 3 is 2.78 bits per heavy atom. The molecule has 0 aliphatic rings. The van der Waals surface area contributed by atoms with E-state index in [0.29, 0.717) is 5.01 Å². The highest BCUT2D eigenvalue weighted by molar-refractivity contribution is 7.09.